The van der Waals surface area contributed by atoms with Crippen molar-refractivity contribution in [2.45, 2.75) is 27.4 Å². The van der Waals surface area contributed by atoms with Crippen molar-refractivity contribution in [3.63, 3.8) is 0 Å². The van der Waals surface area contributed by atoms with Crippen LogP contribution in [0.2, 0.25) is 0 Å². The molecule has 9 rings (SSSR count). The van der Waals surface area contributed by atoms with E-state index >= 15 is 0 Å². The van der Waals surface area contributed by atoms with E-state index in [2.05, 4.69) is 93.2 Å². The number of benzene rings is 5. The number of thiophene rings is 1. The molecule has 0 unspecified atom stereocenters. The fraction of sp³-hybridized carbons (Fsp3) is 0.0930. The smallest absolute Gasteiger partial charge is 0.424 e. The first-order valence-electron chi connectivity index (χ1n) is 17.9. The number of aliphatic imine (C=N–C) groups is 1. The van der Waals surface area contributed by atoms with Crippen molar-refractivity contribution in [2.24, 2.45) is 4.99 Å². The summed E-state index contributed by atoms with van der Waals surface area (Å²) in [7, 11) is 0. The highest BCUT2D eigenvalue weighted by atomic mass is 32.1. The molecule has 0 spiro atoms. The molecule has 0 saturated heterocycles. The Bertz CT molecular complexity index is 3020. The van der Waals surface area contributed by atoms with Crippen LogP contribution in [0.4, 0.5) is 26.9 Å². The van der Waals surface area contributed by atoms with Crippen molar-refractivity contribution >= 4 is 113 Å². The van der Waals surface area contributed by atoms with Gasteiger partial charge >= 0.3 is 6.09 Å². The van der Waals surface area contributed by atoms with Crippen molar-refractivity contribution in [2.75, 3.05) is 4.90 Å². The molecule has 5 aromatic carbocycles. The van der Waals surface area contributed by atoms with Gasteiger partial charge in [-0.05, 0) is 74.9 Å². The van der Waals surface area contributed by atoms with Crippen molar-refractivity contribution in [3.05, 3.63) is 131 Å². The Morgan fingerprint density at radius 1 is 0.759 bits per heavy atom. The third-order valence-electron chi connectivity index (χ3n) is 9.79. The van der Waals surface area contributed by atoms with Gasteiger partial charge in [-0.15, -0.1) is 11.3 Å². The lowest BCUT2D eigenvalue weighted by molar-refractivity contribution is -0.136. The predicted molar refractivity (Wildman–Crippen MR) is 227 cm³/mol. The largest absolute Gasteiger partial charge is 0.444 e. The summed E-state index contributed by atoms with van der Waals surface area (Å²) >= 11 is 3.69. The first-order chi connectivity index (χ1) is 28.2. The first kappa shape index (κ1) is 36.6. The number of aryl methyl sites for hydroxylation is 2. The van der Waals surface area contributed by atoms with Gasteiger partial charge in [-0.3, -0.25) is 9.59 Å². The normalized spacial score (nSPS) is 13.9. The number of nitrogens with zero attached hydrogens (tertiary/aromatic N) is 8. The number of carbonyl (C=O) groups excluding carboxylic acids is 3. The third-order valence-corrected chi connectivity index (χ3v) is 12.0. The fourth-order valence-corrected chi connectivity index (χ4v) is 8.99. The Morgan fingerprint density at radius 2 is 1.36 bits per heavy atom. The van der Waals surface area contributed by atoms with Gasteiger partial charge in [0.15, 0.2) is 0 Å². The van der Waals surface area contributed by atoms with Crippen molar-refractivity contribution in [3.8, 4) is 16.5 Å². The molecule has 1 aliphatic heterocycles. The van der Waals surface area contributed by atoms with Crippen LogP contribution in [0, 0.1) is 25.2 Å². The number of anilines is 3. The van der Waals surface area contributed by atoms with Gasteiger partial charge in [0.2, 0.25) is 0 Å². The zero-order chi connectivity index (χ0) is 40.1. The van der Waals surface area contributed by atoms with Crippen LogP contribution in [-0.4, -0.2) is 46.0 Å². The van der Waals surface area contributed by atoms with Crippen molar-refractivity contribution in [1.82, 2.24) is 22.4 Å². The molecule has 0 radical (unpaired) electrons. The van der Waals surface area contributed by atoms with E-state index < -0.39 is 23.5 Å². The Labute approximate surface area is 343 Å². The summed E-state index contributed by atoms with van der Waals surface area (Å²) in [6, 6.07) is 35.5. The van der Waals surface area contributed by atoms with E-state index in [4.69, 9.17) is 13.5 Å². The summed E-state index contributed by atoms with van der Waals surface area (Å²) in [6.45, 7) is 5.40. The number of imide groups is 3. The molecule has 0 bridgehead atoms. The van der Waals surface area contributed by atoms with Crippen molar-refractivity contribution < 1.29 is 19.1 Å². The molecule has 58 heavy (non-hydrogen) atoms. The van der Waals surface area contributed by atoms with Gasteiger partial charge in [-0.25, -0.2) is 9.79 Å². The number of hydrogen-bond acceptors (Lipinski definition) is 14. The highest BCUT2D eigenvalue weighted by Crippen LogP contribution is 2.46. The summed E-state index contributed by atoms with van der Waals surface area (Å²) in [5.41, 5.74) is 7.74. The van der Waals surface area contributed by atoms with E-state index in [0.29, 0.717) is 37.9 Å². The molecule has 0 saturated carbocycles. The van der Waals surface area contributed by atoms with Crippen LogP contribution in [0.1, 0.15) is 23.6 Å². The first-order valence-corrected chi connectivity index (χ1v) is 20.2. The van der Waals surface area contributed by atoms with Crippen LogP contribution in [0.25, 0.3) is 43.3 Å². The van der Waals surface area contributed by atoms with Crippen LogP contribution in [0.15, 0.2) is 119 Å². The minimum absolute atomic E-state index is 0.0238. The minimum Gasteiger partial charge on any atom is -0.444 e. The second kappa shape index (κ2) is 14.8. The fourth-order valence-electron chi connectivity index (χ4n) is 6.78. The number of hydrogen-bond donors (Lipinski definition) is 0. The molecule has 282 valence electrons. The lowest BCUT2D eigenvalue weighted by atomic mass is 9.98. The van der Waals surface area contributed by atoms with Crippen LogP contribution in [-0.2, 0) is 20.9 Å². The molecule has 1 aliphatic rings. The average molecular weight is 817 g/mol. The summed E-state index contributed by atoms with van der Waals surface area (Å²) in [5.74, 6) is -2.10. The van der Waals surface area contributed by atoms with E-state index in [-0.39, 0.29) is 23.6 Å². The molecule has 0 fully saturated rings. The maximum Gasteiger partial charge on any atom is 0.424 e. The number of rotatable bonds is 7. The van der Waals surface area contributed by atoms with Gasteiger partial charge in [-0.1, -0.05) is 65.7 Å². The lowest BCUT2D eigenvalue weighted by Gasteiger charge is -2.24. The Morgan fingerprint density at radius 3 is 2.02 bits per heavy atom. The number of ether oxygens (including phenoxy) is 1. The SMILES string of the molecule is CC1=C(C#N)C(=O)N(C(=O)OCc2ccccc2)C(=O)/C1=N\c1cc2c(cc(-c3ccc(N(c4ccc(C)cc4)c4ccc(C)cc4)s3)c3nsnc32)c2nsnc12. The van der Waals surface area contributed by atoms with Crippen molar-refractivity contribution in [1.29, 1.82) is 5.26 Å². The molecule has 15 heteroatoms. The molecule has 0 atom stereocenters. The lowest BCUT2D eigenvalue weighted by Crippen LogP contribution is -2.50. The second-order valence-corrected chi connectivity index (χ2v) is 15.7. The Hall–Kier alpha value is -6.99. The highest BCUT2D eigenvalue weighted by molar-refractivity contribution is 7.19. The molecular formula is C43H28N8O4S3. The zero-order valence-corrected chi connectivity index (χ0v) is 33.4. The van der Waals surface area contributed by atoms with Gasteiger partial charge in [0.05, 0.1) is 29.1 Å². The predicted octanol–water partition coefficient (Wildman–Crippen LogP) is 10.3. The topological polar surface area (TPSA) is 155 Å². The number of aromatic nitrogens is 4. The quantitative estimate of drug-likeness (QED) is 0.142. The second-order valence-electron chi connectivity index (χ2n) is 13.5. The Balaban J connectivity index is 1.14. The van der Waals surface area contributed by atoms with Gasteiger partial charge in [0.1, 0.15) is 51.0 Å². The maximum atomic E-state index is 13.9. The van der Waals surface area contributed by atoms with E-state index in [9.17, 15) is 19.6 Å². The molecule has 8 aromatic rings. The van der Waals surface area contributed by atoms with E-state index in [0.717, 1.165) is 55.7 Å². The van der Waals surface area contributed by atoms with Crippen LogP contribution >= 0.6 is 34.8 Å². The third kappa shape index (κ3) is 6.39. The molecule has 4 heterocycles. The number of carbonyl (C=O) groups is 3. The average Bonchev–Trinajstić information content (AvgIpc) is 4.03. The Kier molecular flexibility index (Phi) is 9.37. The van der Waals surface area contributed by atoms with Crippen LogP contribution in [0.3, 0.4) is 0 Å². The summed E-state index contributed by atoms with van der Waals surface area (Å²) in [5, 5.41) is 12.4. The van der Waals surface area contributed by atoms with Gasteiger partial charge in [0.25, 0.3) is 11.8 Å². The molecular weight excluding hydrogens is 789 g/mol. The zero-order valence-electron chi connectivity index (χ0n) is 31.0. The van der Waals surface area contributed by atoms with Gasteiger partial charge in [-0.2, -0.15) is 27.7 Å². The van der Waals surface area contributed by atoms with Crippen LogP contribution in [0.5, 0.6) is 0 Å². The van der Waals surface area contributed by atoms with Gasteiger partial charge < -0.3 is 9.64 Å². The highest BCUT2D eigenvalue weighted by Gasteiger charge is 2.42. The maximum absolute atomic E-state index is 13.9. The number of amides is 3. The monoisotopic (exact) mass is 816 g/mol. The summed E-state index contributed by atoms with van der Waals surface area (Å²) in [4.78, 5) is 48.6. The number of fused-ring (bicyclic) bond motifs is 5. The van der Waals surface area contributed by atoms with E-state index in [1.807, 2.05) is 18.2 Å². The summed E-state index contributed by atoms with van der Waals surface area (Å²) in [6.07, 6.45) is -1.22. The minimum atomic E-state index is -1.22. The van der Waals surface area contributed by atoms with E-state index in [1.54, 1.807) is 41.7 Å². The molecule has 0 aliphatic carbocycles. The molecule has 12 nitrogen and oxygen atoms in total. The van der Waals surface area contributed by atoms with E-state index in [1.165, 1.54) is 18.1 Å². The number of nitriles is 1. The molecule has 3 amide bonds. The van der Waals surface area contributed by atoms with Crippen LogP contribution < -0.4 is 4.90 Å². The molecule has 0 N–H and O–H groups in total. The molecule has 3 aromatic heterocycles. The van der Waals surface area contributed by atoms with Gasteiger partial charge in [0, 0.05) is 38.2 Å². The summed E-state index contributed by atoms with van der Waals surface area (Å²) < 4.78 is 24.0. The standard InChI is InChI=1S/C43H28N8O4S3/c1-23-9-13-27(14-10-23)50(28-15-11-24(2)12-16-28)35-18-17-34(56-35)31-19-29-30(37-39(31)48-57-46-37)20-33(40-38(29)47-58-49-40)45-36-25(3)32(21-44)41(52)51(42(36)53)43(54)55-22-26-7-5-4-6-8-26/h4-20H,22H2,1-3H3/b45-36-.